The van der Waals surface area contributed by atoms with E-state index in [9.17, 15) is 14.7 Å². The summed E-state index contributed by atoms with van der Waals surface area (Å²) in [5.74, 6) is -0.618. The van der Waals surface area contributed by atoms with Crippen LogP contribution in [0.5, 0.6) is 11.5 Å². The van der Waals surface area contributed by atoms with Crippen molar-refractivity contribution in [2.75, 3.05) is 26.1 Å². The van der Waals surface area contributed by atoms with Gasteiger partial charge in [0.15, 0.2) is 11.5 Å². The van der Waals surface area contributed by atoms with Crippen molar-refractivity contribution in [3.8, 4) is 11.5 Å². The van der Waals surface area contributed by atoms with Crippen molar-refractivity contribution in [2.45, 2.75) is 19.4 Å². The minimum Gasteiger partial charge on any atom is -0.493 e. The lowest BCUT2D eigenvalue weighted by Crippen LogP contribution is -2.37. The van der Waals surface area contributed by atoms with Gasteiger partial charge in [-0.15, -0.1) is 0 Å². The molecule has 2 rings (SSSR count). The van der Waals surface area contributed by atoms with Gasteiger partial charge in [0.1, 0.15) is 0 Å². The largest absolute Gasteiger partial charge is 0.493 e. The lowest BCUT2D eigenvalue weighted by Gasteiger charge is -2.15. The first-order valence-corrected chi connectivity index (χ1v) is 8.56. The fourth-order valence-electron chi connectivity index (χ4n) is 2.46. The van der Waals surface area contributed by atoms with Crippen LogP contribution in [-0.4, -0.2) is 37.7 Å². The van der Waals surface area contributed by atoms with Crippen LogP contribution in [0.3, 0.4) is 0 Å². The summed E-state index contributed by atoms with van der Waals surface area (Å²) < 4.78 is 10.3. The molecule has 0 fully saturated rings. The molecule has 144 valence electrons. The molecule has 0 spiro atoms. The number of hydrogen-bond donors (Lipinski definition) is 3. The Kier molecular flexibility index (Phi) is 7.19. The third-order valence-electron chi connectivity index (χ3n) is 4.07. The van der Waals surface area contributed by atoms with Gasteiger partial charge in [-0.05, 0) is 41.8 Å². The van der Waals surface area contributed by atoms with Crippen LogP contribution in [0.15, 0.2) is 42.5 Å². The minimum absolute atomic E-state index is 0.115. The number of ether oxygens (including phenoxy) is 2. The third-order valence-corrected chi connectivity index (χ3v) is 4.07. The fraction of sp³-hybridized carbons (Fsp3) is 0.300. The Morgan fingerprint density at radius 2 is 1.67 bits per heavy atom. The number of methoxy groups -OCH3 is 2. The zero-order chi connectivity index (χ0) is 19.8. The monoisotopic (exact) mass is 372 g/mol. The molecule has 0 aliphatic carbocycles. The molecule has 0 bridgehead atoms. The first kappa shape index (κ1) is 20.3. The number of carbonyl (C=O) groups excluding carboxylic acids is 2. The molecule has 0 aliphatic heterocycles. The van der Waals surface area contributed by atoms with E-state index in [0.29, 0.717) is 22.7 Å². The van der Waals surface area contributed by atoms with Gasteiger partial charge in [-0.2, -0.15) is 0 Å². The Bertz CT molecular complexity index is 789. The van der Waals surface area contributed by atoms with Crippen LogP contribution < -0.4 is 20.1 Å². The Balaban J connectivity index is 1.90. The maximum Gasteiger partial charge on any atom is 0.313 e. The highest BCUT2D eigenvalue weighted by Gasteiger charge is 2.17. The van der Waals surface area contributed by atoms with Crippen molar-refractivity contribution in [2.24, 2.45) is 0 Å². The van der Waals surface area contributed by atoms with Crippen molar-refractivity contribution in [3.63, 3.8) is 0 Å². The van der Waals surface area contributed by atoms with Gasteiger partial charge < -0.3 is 25.2 Å². The van der Waals surface area contributed by atoms with E-state index in [4.69, 9.17) is 9.47 Å². The lowest BCUT2D eigenvalue weighted by atomic mass is 10.1. The summed E-state index contributed by atoms with van der Waals surface area (Å²) in [6.07, 6.45) is -0.103. The number of amides is 2. The maximum absolute atomic E-state index is 12.0. The van der Waals surface area contributed by atoms with E-state index < -0.39 is 17.9 Å². The molecule has 0 heterocycles. The molecular weight excluding hydrogens is 348 g/mol. The summed E-state index contributed by atoms with van der Waals surface area (Å²) in [7, 11) is 3.01. The highest BCUT2D eigenvalue weighted by Crippen LogP contribution is 2.29. The smallest absolute Gasteiger partial charge is 0.313 e. The van der Waals surface area contributed by atoms with Gasteiger partial charge >= 0.3 is 11.8 Å². The molecule has 7 nitrogen and oxygen atoms in total. The number of benzene rings is 2. The van der Waals surface area contributed by atoms with E-state index in [1.165, 1.54) is 14.2 Å². The molecule has 0 radical (unpaired) electrons. The van der Waals surface area contributed by atoms with Gasteiger partial charge in [-0.25, -0.2) is 0 Å². The fourth-order valence-corrected chi connectivity index (χ4v) is 2.46. The molecule has 0 aromatic heterocycles. The summed E-state index contributed by atoms with van der Waals surface area (Å²) in [5, 5.41) is 15.2. The summed E-state index contributed by atoms with van der Waals surface area (Å²) in [6.45, 7) is 1.92. The van der Waals surface area contributed by atoms with Crippen LogP contribution >= 0.6 is 0 Å². The van der Waals surface area contributed by atoms with Crippen LogP contribution in [0.4, 0.5) is 5.69 Å². The van der Waals surface area contributed by atoms with E-state index >= 15 is 0 Å². The zero-order valence-corrected chi connectivity index (χ0v) is 15.6. The molecule has 0 aliphatic rings. The van der Waals surface area contributed by atoms with Crippen molar-refractivity contribution < 1.29 is 24.2 Å². The van der Waals surface area contributed by atoms with Gasteiger partial charge in [0.25, 0.3) is 0 Å². The highest BCUT2D eigenvalue weighted by atomic mass is 16.5. The molecule has 0 saturated carbocycles. The normalized spacial score (nSPS) is 11.4. The number of carbonyl (C=O) groups is 2. The summed E-state index contributed by atoms with van der Waals surface area (Å²) >= 11 is 0. The average molecular weight is 372 g/mol. The van der Waals surface area contributed by atoms with E-state index in [-0.39, 0.29) is 6.54 Å². The SMILES string of the molecule is CCc1ccc(NC(=O)C(=O)NCC(O)c2ccc(OC)c(OC)c2)cc1. The molecule has 1 unspecified atom stereocenters. The zero-order valence-electron chi connectivity index (χ0n) is 15.6. The summed E-state index contributed by atoms with van der Waals surface area (Å²) in [4.78, 5) is 23.9. The van der Waals surface area contributed by atoms with Crippen LogP contribution in [0.1, 0.15) is 24.2 Å². The molecule has 2 amide bonds. The topological polar surface area (TPSA) is 96.9 Å². The molecule has 7 heteroatoms. The van der Waals surface area contributed by atoms with Crippen LogP contribution in [0.2, 0.25) is 0 Å². The molecule has 2 aromatic rings. The van der Waals surface area contributed by atoms with Crippen LogP contribution in [-0.2, 0) is 16.0 Å². The van der Waals surface area contributed by atoms with Crippen molar-refractivity contribution >= 4 is 17.5 Å². The van der Waals surface area contributed by atoms with Gasteiger partial charge in [-0.3, -0.25) is 9.59 Å². The van der Waals surface area contributed by atoms with Crippen molar-refractivity contribution in [3.05, 3.63) is 53.6 Å². The second kappa shape index (κ2) is 9.59. The molecule has 3 N–H and O–H groups in total. The Labute approximate surface area is 158 Å². The lowest BCUT2D eigenvalue weighted by molar-refractivity contribution is -0.136. The molecule has 2 aromatic carbocycles. The number of rotatable bonds is 7. The Morgan fingerprint density at radius 1 is 1.00 bits per heavy atom. The third kappa shape index (κ3) is 5.46. The average Bonchev–Trinajstić information content (AvgIpc) is 2.71. The predicted molar refractivity (Wildman–Crippen MR) is 102 cm³/mol. The molecule has 0 saturated heterocycles. The first-order chi connectivity index (χ1) is 13.0. The van der Waals surface area contributed by atoms with E-state index in [1.807, 2.05) is 19.1 Å². The molecule has 27 heavy (non-hydrogen) atoms. The molecular formula is C20H24N2O5. The number of anilines is 1. The van der Waals surface area contributed by atoms with Gasteiger partial charge in [-0.1, -0.05) is 25.1 Å². The number of aliphatic hydroxyl groups is 1. The van der Waals surface area contributed by atoms with Crippen molar-refractivity contribution in [1.29, 1.82) is 0 Å². The summed E-state index contributed by atoms with van der Waals surface area (Å²) in [6, 6.07) is 12.2. The standard InChI is InChI=1S/C20H24N2O5/c1-4-13-5-8-15(9-6-13)22-20(25)19(24)21-12-16(23)14-7-10-17(26-2)18(11-14)27-3/h5-11,16,23H,4,12H2,1-3H3,(H,21,24)(H,22,25). The minimum atomic E-state index is -0.995. The van der Waals surface area contributed by atoms with Gasteiger partial charge in [0.05, 0.1) is 20.3 Å². The van der Waals surface area contributed by atoms with Crippen LogP contribution in [0, 0.1) is 0 Å². The highest BCUT2D eigenvalue weighted by molar-refractivity contribution is 6.39. The number of aryl methyl sites for hydroxylation is 1. The predicted octanol–water partition coefficient (Wildman–Crippen LogP) is 2.05. The quantitative estimate of drug-likeness (QED) is 0.647. The van der Waals surface area contributed by atoms with Gasteiger partial charge in [0.2, 0.25) is 0 Å². The number of aliphatic hydroxyl groups excluding tert-OH is 1. The number of hydrogen-bond acceptors (Lipinski definition) is 5. The summed E-state index contributed by atoms with van der Waals surface area (Å²) in [5.41, 5.74) is 2.20. The van der Waals surface area contributed by atoms with E-state index in [2.05, 4.69) is 10.6 Å². The maximum atomic E-state index is 12.0. The Morgan fingerprint density at radius 3 is 2.26 bits per heavy atom. The molecule has 1 atom stereocenters. The van der Waals surface area contributed by atoms with E-state index in [1.54, 1.807) is 30.3 Å². The first-order valence-electron chi connectivity index (χ1n) is 8.56. The Hall–Kier alpha value is -3.06. The van der Waals surface area contributed by atoms with Crippen molar-refractivity contribution in [1.82, 2.24) is 5.32 Å². The second-order valence-corrected chi connectivity index (χ2v) is 5.84. The van der Waals surface area contributed by atoms with Gasteiger partial charge in [0, 0.05) is 12.2 Å². The van der Waals surface area contributed by atoms with Crippen LogP contribution in [0.25, 0.3) is 0 Å². The van der Waals surface area contributed by atoms with E-state index in [0.717, 1.165) is 12.0 Å². The number of nitrogens with one attached hydrogen (secondary N) is 2. The second-order valence-electron chi connectivity index (χ2n) is 5.84.